The maximum absolute atomic E-state index is 11.7. The van der Waals surface area contributed by atoms with Crippen molar-refractivity contribution in [2.24, 2.45) is 0 Å². The SMILES string of the molecule is COC(=O)c1cc(Sc2ccc(Br)cc2)ccc1C(=O)O. The Bertz CT molecular complexity index is 683. The largest absolute Gasteiger partial charge is 0.478 e. The van der Waals surface area contributed by atoms with Crippen molar-refractivity contribution < 1.29 is 19.4 Å². The first-order valence-electron chi connectivity index (χ1n) is 5.90. The molecule has 0 saturated carbocycles. The second-order valence-corrected chi connectivity index (χ2v) is 6.12. The lowest BCUT2D eigenvalue weighted by Gasteiger charge is -2.07. The molecule has 0 fully saturated rings. The molecular formula is C15H11BrO4S. The van der Waals surface area contributed by atoms with Crippen molar-refractivity contribution in [3.8, 4) is 0 Å². The van der Waals surface area contributed by atoms with E-state index in [1.165, 1.54) is 31.0 Å². The zero-order valence-electron chi connectivity index (χ0n) is 11.0. The van der Waals surface area contributed by atoms with Gasteiger partial charge in [-0.3, -0.25) is 0 Å². The molecule has 0 amide bonds. The van der Waals surface area contributed by atoms with Crippen LogP contribution in [-0.2, 0) is 4.74 Å². The first kappa shape index (κ1) is 15.6. The minimum absolute atomic E-state index is 0.0483. The lowest BCUT2D eigenvalue weighted by Crippen LogP contribution is -2.10. The van der Waals surface area contributed by atoms with E-state index in [-0.39, 0.29) is 11.1 Å². The van der Waals surface area contributed by atoms with Gasteiger partial charge in [-0.1, -0.05) is 27.7 Å². The molecule has 0 unspecified atom stereocenters. The number of benzene rings is 2. The number of aromatic carboxylic acids is 1. The van der Waals surface area contributed by atoms with Crippen LogP contribution >= 0.6 is 27.7 Å². The summed E-state index contributed by atoms with van der Waals surface area (Å²) in [6, 6.07) is 12.3. The fraction of sp³-hybridized carbons (Fsp3) is 0.0667. The van der Waals surface area contributed by atoms with Crippen LogP contribution in [0.25, 0.3) is 0 Å². The summed E-state index contributed by atoms with van der Waals surface area (Å²) in [4.78, 5) is 24.6. The van der Waals surface area contributed by atoms with Crippen molar-refractivity contribution in [2.45, 2.75) is 9.79 Å². The lowest BCUT2D eigenvalue weighted by atomic mass is 10.1. The summed E-state index contributed by atoms with van der Waals surface area (Å²) in [5, 5.41) is 9.10. The molecule has 4 nitrogen and oxygen atoms in total. The Morgan fingerprint density at radius 2 is 1.67 bits per heavy atom. The number of carboxylic acid groups (broad SMARTS) is 1. The third-order valence-corrected chi connectivity index (χ3v) is 4.20. The molecule has 2 aromatic carbocycles. The van der Waals surface area contributed by atoms with E-state index in [1.807, 2.05) is 24.3 Å². The van der Waals surface area contributed by atoms with Crippen LogP contribution in [0.2, 0.25) is 0 Å². The van der Waals surface area contributed by atoms with Gasteiger partial charge in [-0.2, -0.15) is 0 Å². The van der Waals surface area contributed by atoms with Crippen LogP contribution in [0, 0.1) is 0 Å². The number of hydrogen-bond acceptors (Lipinski definition) is 4. The maximum Gasteiger partial charge on any atom is 0.338 e. The van der Waals surface area contributed by atoms with Crippen LogP contribution in [0.15, 0.2) is 56.7 Å². The fourth-order valence-electron chi connectivity index (χ4n) is 1.69. The average Bonchev–Trinajstić information content (AvgIpc) is 2.48. The Kier molecular flexibility index (Phi) is 5.03. The van der Waals surface area contributed by atoms with Crippen LogP contribution < -0.4 is 0 Å². The highest BCUT2D eigenvalue weighted by atomic mass is 79.9. The molecule has 108 valence electrons. The highest BCUT2D eigenvalue weighted by molar-refractivity contribution is 9.10. The standard InChI is InChI=1S/C15H11BrO4S/c1-20-15(19)13-8-11(6-7-12(13)14(17)18)21-10-4-2-9(16)3-5-10/h2-8H,1H3,(H,17,18). The monoisotopic (exact) mass is 366 g/mol. The molecule has 0 spiro atoms. The molecule has 0 atom stereocenters. The summed E-state index contributed by atoms with van der Waals surface area (Å²) in [6.07, 6.45) is 0. The predicted molar refractivity (Wildman–Crippen MR) is 83.0 cm³/mol. The molecule has 0 aliphatic heterocycles. The normalized spacial score (nSPS) is 10.2. The number of carboxylic acids is 1. The van der Waals surface area contributed by atoms with E-state index in [4.69, 9.17) is 5.11 Å². The van der Waals surface area contributed by atoms with Crippen LogP contribution in [0.1, 0.15) is 20.7 Å². The van der Waals surface area contributed by atoms with Gasteiger partial charge in [0.05, 0.1) is 18.2 Å². The maximum atomic E-state index is 11.7. The first-order chi connectivity index (χ1) is 10.0. The predicted octanol–water partition coefficient (Wildman–Crippen LogP) is 4.09. The number of halogens is 1. The van der Waals surface area contributed by atoms with Gasteiger partial charge in [-0.25, -0.2) is 9.59 Å². The Labute approximate surface area is 134 Å². The number of rotatable bonds is 4. The van der Waals surface area contributed by atoms with Gasteiger partial charge in [0, 0.05) is 14.3 Å². The van der Waals surface area contributed by atoms with Gasteiger partial charge in [-0.15, -0.1) is 0 Å². The molecule has 1 N–H and O–H groups in total. The first-order valence-corrected chi connectivity index (χ1v) is 7.51. The Morgan fingerprint density at radius 1 is 1.05 bits per heavy atom. The third-order valence-electron chi connectivity index (χ3n) is 2.68. The summed E-state index contributed by atoms with van der Waals surface area (Å²) in [5.41, 5.74) is -0.0193. The summed E-state index contributed by atoms with van der Waals surface area (Å²) < 4.78 is 5.61. The number of esters is 1. The van der Waals surface area contributed by atoms with Gasteiger partial charge in [0.2, 0.25) is 0 Å². The topological polar surface area (TPSA) is 63.6 Å². The number of carbonyl (C=O) groups is 2. The van der Waals surface area contributed by atoms with E-state index in [2.05, 4.69) is 20.7 Å². The van der Waals surface area contributed by atoms with Gasteiger partial charge in [0.15, 0.2) is 0 Å². The zero-order chi connectivity index (χ0) is 15.4. The molecule has 2 rings (SSSR count). The van der Waals surface area contributed by atoms with Crippen molar-refractivity contribution in [1.82, 2.24) is 0 Å². The summed E-state index contributed by atoms with van der Waals surface area (Å²) in [6.45, 7) is 0. The molecule has 0 radical (unpaired) electrons. The van der Waals surface area contributed by atoms with E-state index in [9.17, 15) is 9.59 Å². The van der Waals surface area contributed by atoms with Gasteiger partial charge in [-0.05, 0) is 42.5 Å². The van der Waals surface area contributed by atoms with Crippen molar-refractivity contribution in [3.63, 3.8) is 0 Å². The highest BCUT2D eigenvalue weighted by Crippen LogP contribution is 2.30. The van der Waals surface area contributed by atoms with Crippen molar-refractivity contribution in [3.05, 3.63) is 58.1 Å². The van der Waals surface area contributed by atoms with E-state index in [0.29, 0.717) is 0 Å². The van der Waals surface area contributed by atoms with Crippen molar-refractivity contribution in [2.75, 3.05) is 7.11 Å². The minimum atomic E-state index is -1.16. The van der Waals surface area contributed by atoms with Gasteiger partial charge < -0.3 is 9.84 Å². The highest BCUT2D eigenvalue weighted by Gasteiger charge is 2.17. The molecular weight excluding hydrogens is 356 g/mol. The van der Waals surface area contributed by atoms with Crippen LogP contribution in [0.4, 0.5) is 0 Å². The molecule has 21 heavy (non-hydrogen) atoms. The van der Waals surface area contributed by atoms with Gasteiger partial charge in [0.1, 0.15) is 0 Å². The van der Waals surface area contributed by atoms with Crippen LogP contribution in [-0.4, -0.2) is 24.2 Å². The Balaban J connectivity index is 2.35. The zero-order valence-corrected chi connectivity index (χ0v) is 13.4. The van der Waals surface area contributed by atoms with Crippen LogP contribution in [0.3, 0.4) is 0 Å². The van der Waals surface area contributed by atoms with Crippen molar-refractivity contribution in [1.29, 1.82) is 0 Å². The molecule has 0 aromatic heterocycles. The van der Waals surface area contributed by atoms with Crippen molar-refractivity contribution >= 4 is 39.6 Å². The molecule has 2 aromatic rings. The second-order valence-electron chi connectivity index (χ2n) is 4.06. The smallest absolute Gasteiger partial charge is 0.338 e. The Morgan fingerprint density at radius 3 is 2.24 bits per heavy atom. The number of methoxy groups -OCH3 is 1. The lowest BCUT2D eigenvalue weighted by molar-refractivity contribution is 0.0582. The van der Waals surface area contributed by atoms with Gasteiger partial charge >= 0.3 is 11.9 Å². The second kappa shape index (κ2) is 6.78. The molecule has 6 heteroatoms. The van der Waals surface area contributed by atoms with Crippen LogP contribution in [0.5, 0.6) is 0 Å². The number of carbonyl (C=O) groups excluding carboxylic acids is 1. The molecule has 0 heterocycles. The van der Waals surface area contributed by atoms with E-state index < -0.39 is 11.9 Å². The van der Waals surface area contributed by atoms with E-state index in [0.717, 1.165) is 14.3 Å². The van der Waals surface area contributed by atoms with Gasteiger partial charge in [0.25, 0.3) is 0 Å². The number of hydrogen-bond donors (Lipinski definition) is 1. The summed E-state index contributed by atoms with van der Waals surface area (Å²) >= 11 is 4.80. The minimum Gasteiger partial charge on any atom is -0.478 e. The quantitative estimate of drug-likeness (QED) is 0.825. The fourth-order valence-corrected chi connectivity index (χ4v) is 2.81. The summed E-state index contributed by atoms with van der Waals surface area (Å²) in [7, 11) is 1.22. The summed E-state index contributed by atoms with van der Waals surface area (Å²) in [5.74, 6) is -1.82. The number of ether oxygens (including phenoxy) is 1. The molecule has 0 aliphatic rings. The Hall–Kier alpha value is -1.79. The van der Waals surface area contributed by atoms with E-state index >= 15 is 0 Å². The molecule has 0 bridgehead atoms. The molecule has 0 aliphatic carbocycles. The molecule has 0 saturated heterocycles. The average molecular weight is 367 g/mol. The van der Waals surface area contributed by atoms with E-state index in [1.54, 1.807) is 6.07 Å². The third kappa shape index (κ3) is 3.86.